The summed E-state index contributed by atoms with van der Waals surface area (Å²) in [5.74, 6) is 1.28. The van der Waals surface area contributed by atoms with E-state index in [1.165, 1.54) is 16.7 Å². The molecule has 6 heteroatoms. The minimum Gasteiger partial charge on any atom is -0.377 e. The van der Waals surface area contributed by atoms with Crippen molar-refractivity contribution in [3.05, 3.63) is 57.8 Å². The lowest BCUT2D eigenvalue weighted by Gasteiger charge is -2.16. The monoisotopic (exact) mass is 487 g/mol. The first-order valence-corrected chi connectivity index (χ1v) is 9.80. The van der Waals surface area contributed by atoms with Crippen molar-refractivity contribution in [3.63, 3.8) is 0 Å². The second-order valence-corrected chi connectivity index (χ2v) is 6.87. The van der Waals surface area contributed by atoms with Gasteiger partial charge in [0, 0.05) is 26.7 Å². The van der Waals surface area contributed by atoms with Gasteiger partial charge in [0.1, 0.15) is 0 Å². The zero-order valence-corrected chi connectivity index (χ0v) is 19.0. The second kappa shape index (κ2) is 13.1. The number of rotatable bonds is 9. The molecule has 2 rings (SSSR count). The van der Waals surface area contributed by atoms with Crippen LogP contribution in [0.25, 0.3) is 0 Å². The number of halogens is 1. The normalized spacial score (nSPS) is 12.3. The van der Waals surface area contributed by atoms with Crippen LogP contribution in [-0.2, 0) is 17.9 Å². The molecule has 2 N–H and O–H groups in total. The van der Waals surface area contributed by atoms with Gasteiger partial charge >= 0.3 is 0 Å². The van der Waals surface area contributed by atoms with Crippen molar-refractivity contribution in [2.24, 2.45) is 4.99 Å². The van der Waals surface area contributed by atoms with Crippen LogP contribution in [0.2, 0.25) is 0 Å². The molecule has 0 aliphatic carbocycles. The van der Waals surface area contributed by atoms with E-state index in [1.54, 1.807) is 18.4 Å². The molecule has 0 aliphatic heterocycles. The summed E-state index contributed by atoms with van der Waals surface area (Å²) in [6.07, 6.45) is 1.04. The molecule has 144 valence electrons. The molecule has 0 spiro atoms. The summed E-state index contributed by atoms with van der Waals surface area (Å²) in [5, 5.41) is 11.1. The van der Waals surface area contributed by atoms with E-state index in [4.69, 9.17) is 4.74 Å². The highest BCUT2D eigenvalue weighted by Crippen LogP contribution is 2.17. The highest BCUT2D eigenvalue weighted by atomic mass is 127. The fourth-order valence-electron chi connectivity index (χ4n) is 2.52. The van der Waals surface area contributed by atoms with E-state index in [0.29, 0.717) is 12.5 Å². The smallest absolute Gasteiger partial charge is 0.191 e. The number of thiophene rings is 1. The van der Waals surface area contributed by atoms with Crippen LogP contribution in [-0.4, -0.2) is 26.2 Å². The summed E-state index contributed by atoms with van der Waals surface area (Å²) in [6, 6.07) is 10.6. The minimum atomic E-state index is 0. The average molecular weight is 487 g/mol. The van der Waals surface area contributed by atoms with Crippen molar-refractivity contribution < 1.29 is 4.74 Å². The average Bonchev–Trinajstić information content (AvgIpc) is 3.17. The zero-order valence-electron chi connectivity index (χ0n) is 15.8. The lowest BCUT2D eigenvalue weighted by atomic mass is 10.1. The molecule has 1 atom stereocenters. The van der Waals surface area contributed by atoms with Crippen LogP contribution in [0, 0.1) is 0 Å². The molecule has 1 aromatic heterocycles. The number of benzene rings is 1. The molecule has 2 aromatic rings. The summed E-state index contributed by atoms with van der Waals surface area (Å²) in [4.78, 5) is 4.33. The van der Waals surface area contributed by atoms with Crippen LogP contribution in [0.4, 0.5) is 0 Å². The van der Waals surface area contributed by atoms with Crippen molar-refractivity contribution in [3.8, 4) is 0 Å². The summed E-state index contributed by atoms with van der Waals surface area (Å²) < 4.78 is 5.69. The molecule has 1 unspecified atom stereocenters. The third-order valence-corrected chi connectivity index (χ3v) is 4.78. The van der Waals surface area contributed by atoms with E-state index >= 15 is 0 Å². The zero-order chi connectivity index (χ0) is 17.9. The van der Waals surface area contributed by atoms with Gasteiger partial charge in [0.2, 0.25) is 0 Å². The molecular weight excluding hydrogens is 457 g/mol. The molecule has 0 bridgehead atoms. The van der Waals surface area contributed by atoms with Crippen LogP contribution in [0.1, 0.15) is 42.9 Å². The maximum absolute atomic E-state index is 5.69. The number of aliphatic imine (C=N–C) groups is 1. The van der Waals surface area contributed by atoms with Gasteiger partial charge in [-0.1, -0.05) is 38.1 Å². The van der Waals surface area contributed by atoms with Gasteiger partial charge in [-0.3, -0.25) is 4.99 Å². The fourth-order valence-corrected chi connectivity index (χ4v) is 3.30. The number of ether oxygens (including phenoxy) is 1. The molecule has 0 aliphatic rings. The quantitative estimate of drug-likeness (QED) is 0.232. The largest absolute Gasteiger partial charge is 0.377 e. The van der Waals surface area contributed by atoms with Crippen molar-refractivity contribution in [1.82, 2.24) is 10.6 Å². The SMILES string of the molecule is CCCOCc1ccccc1CNC(=NC)NCC(C)c1ccsc1.I. The first kappa shape index (κ1) is 22.9. The minimum absolute atomic E-state index is 0. The van der Waals surface area contributed by atoms with Crippen molar-refractivity contribution in [1.29, 1.82) is 0 Å². The third kappa shape index (κ3) is 7.63. The van der Waals surface area contributed by atoms with E-state index in [2.05, 4.69) is 70.6 Å². The maximum Gasteiger partial charge on any atom is 0.191 e. The van der Waals surface area contributed by atoms with Crippen molar-refractivity contribution in [2.45, 2.75) is 39.3 Å². The van der Waals surface area contributed by atoms with Gasteiger partial charge in [-0.15, -0.1) is 24.0 Å². The Kier molecular flexibility index (Phi) is 11.6. The molecule has 0 saturated carbocycles. The molecule has 1 heterocycles. The lowest BCUT2D eigenvalue weighted by Crippen LogP contribution is -2.38. The van der Waals surface area contributed by atoms with Crippen molar-refractivity contribution in [2.75, 3.05) is 20.2 Å². The summed E-state index contributed by atoms with van der Waals surface area (Å²) >= 11 is 1.74. The van der Waals surface area contributed by atoms with Crippen LogP contribution in [0.3, 0.4) is 0 Å². The van der Waals surface area contributed by atoms with Gasteiger partial charge in [-0.2, -0.15) is 11.3 Å². The second-order valence-electron chi connectivity index (χ2n) is 6.09. The van der Waals surface area contributed by atoms with Gasteiger partial charge in [0.15, 0.2) is 5.96 Å². The van der Waals surface area contributed by atoms with E-state index in [-0.39, 0.29) is 24.0 Å². The fraction of sp³-hybridized carbons (Fsp3) is 0.450. The van der Waals surface area contributed by atoms with Crippen LogP contribution >= 0.6 is 35.3 Å². The van der Waals surface area contributed by atoms with E-state index in [0.717, 1.165) is 32.1 Å². The Bertz CT molecular complexity index is 646. The van der Waals surface area contributed by atoms with E-state index < -0.39 is 0 Å². The first-order chi connectivity index (χ1) is 12.2. The third-order valence-electron chi connectivity index (χ3n) is 4.08. The van der Waals surface area contributed by atoms with Crippen LogP contribution < -0.4 is 10.6 Å². The highest BCUT2D eigenvalue weighted by molar-refractivity contribution is 14.0. The summed E-state index contributed by atoms with van der Waals surface area (Å²) in [5.41, 5.74) is 3.84. The predicted molar refractivity (Wildman–Crippen MR) is 123 cm³/mol. The Morgan fingerprint density at radius 1 is 1.19 bits per heavy atom. The van der Waals surface area contributed by atoms with Crippen LogP contribution in [0.15, 0.2) is 46.1 Å². The predicted octanol–water partition coefficient (Wildman–Crippen LogP) is 4.76. The molecule has 26 heavy (non-hydrogen) atoms. The summed E-state index contributed by atoms with van der Waals surface area (Å²) in [7, 11) is 1.81. The Morgan fingerprint density at radius 2 is 1.96 bits per heavy atom. The maximum atomic E-state index is 5.69. The standard InChI is InChI=1S/C20H29N3OS.HI/c1-4-10-24-14-18-8-6-5-7-17(18)13-23-20(21-3)22-12-16(2)19-9-11-25-15-19;/h5-9,11,15-16H,4,10,12-14H2,1-3H3,(H2,21,22,23);1H. The molecular formula is C20H30IN3OS. The molecule has 0 amide bonds. The van der Waals surface area contributed by atoms with Crippen LogP contribution in [0.5, 0.6) is 0 Å². The molecule has 4 nitrogen and oxygen atoms in total. The van der Waals surface area contributed by atoms with Gasteiger partial charge in [0.25, 0.3) is 0 Å². The number of hydrogen-bond acceptors (Lipinski definition) is 3. The number of guanidine groups is 1. The van der Waals surface area contributed by atoms with E-state index in [1.807, 2.05) is 0 Å². The van der Waals surface area contributed by atoms with Gasteiger partial charge < -0.3 is 15.4 Å². The Balaban J connectivity index is 0.00000338. The molecule has 0 saturated heterocycles. The molecule has 0 radical (unpaired) electrons. The lowest BCUT2D eigenvalue weighted by molar-refractivity contribution is 0.121. The van der Waals surface area contributed by atoms with E-state index in [9.17, 15) is 0 Å². The summed E-state index contributed by atoms with van der Waals surface area (Å²) in [6.45, 7) is 7.40. The first-order valence-electron chi connectivity index (χ1n) is 8.85. The van der Waals surface area contributed by atoms with Gasteiger partial charge in [-0.05, 0) is 45.9 Å². The number of nitrogens with zero attached hydrogens (tertiary/aromatic N) is 1. The topological polar surface area (TPSA) is 45.6 Å². The molecule has 1 aromatic carbocycles. The Morgan fingerprint density at radius 3 is 2.62 bits per heavy atom. The van der Waals surface area contributed by atoms with Gasteiger partial charge in [-0.25, -0.2) is 0 Å². The highest BCUT2D eigenvalue weighted by Gasteiger charge is 2.08. The van der Waals surface area contributed by atoms with Crippen molar-refractivity contribution >= 4 is 41.3 Å². The number of nitrogens with one attached hydrogen (secondary N) is 2. The Labute approximate surface area is 178 Å². The Hall–Kier alpha value is -1.12. The number of hydrogen-bond donors (Lipinski definition) is 2. The van der Waals surface area contributed by atoms with Gasteiger partial charge in [0.05, 0.1) is 6.61 Å². The molecule has 0 fully saturated rings.